The first kappa shape index (κ1) is 87.8. The van der Waals surface area contributed by atoms with Crippen LogP contribution in [0.5, 0.6) is 23.0 Å². The van der Waals surface area contributed by atoms with Gasteiger partial charge in [-0.3, -0.25) is 0 Å². The van der Waals surface area contributed by atoms with Crippen LogP contribution in [0.2, 0.25) is 0 Å². The van der Waals surface area contributed by atoms with Crippen molar-refractivity contribution in [2.45, 2.75) is 221 Å². The van der Waals surface area contributed by atoms with Gasteiger partial charge in [-0.2, -0.15) is 11.8 Å². The predicted molar refractivity (Wildman–Crippen MR) is 370 cm³/mol. The van der Waals surface area contributed by atoms with Gasteiger partial charge >= 0.3 is 0 Å². The summed E-state index contributed by atoms with van der Waals surface area (Å²) < 4.78 is 26.8. The molecule has 0 aliphatic carbocycles. The van der Waals surface area contributed by atoms with Crippen LogP contribution in [-0.2, 0) is 16.6 Å². The van der Waals surface area contributed by atoms with E-state index in [4.69, 9.17) is 23.7 Å². The monoisotopic (exact) mass is 1200 g/mol. The number of hydrogen-bond donors (Lipinski definition) is 0. The zero-order chi connectivity index (χ0) is 63.2. The second kappa shape index (κ2) is 58.8. The van der Waals surface area contributed by atoms with Gasteiger partial charge < -0.3 is 23.7 Å². The highest BCUT2D eigenvalue weighted by Crippen LogP contribution is 2.40. The van der Waals surface area contributed by atoms with Gasteiger partial charge in [0.15, 0.2) is 11.5 Å². The molecule has 0 aliphatic heterocycles. The van der Waals surface area contributed by atoms with E-state index in [2.05, 4.69) is 255 Å². The molecule has 80 heavy (non-hydrogen) atoms. The normalized spacial score (nSPS) is 10.1. The van der Waals surface area contributed by atoms with Gasteiger partial charge in [-0.1, -0.05) is 268 Å². The zero-order valence-electron chi connectivity index (χ0n) is 57.8. The molecule has 0 unspecified atom stereocenters. The molecule has 4 aromatic carbocycles. The highest BCUT2D eigenvalue weighted by Gasteiger charge is 2.14. The van der Waals surface area contributed by atoms with Gasteiger partial charge in [-0.15, -0.1) is 6.58 Å². The number of ether oxygens (including phenoxy) is 5. The number of halogens is 1. The number of hydrogen-bond acceptors (Lipinski definition) is 6. The summed E-state index contributed by atoms with van der Waals surface area (Å²) in [5, 5.41) is 0. The molecule has 0 radical (unpaired) electrons. The summed E-state index contributed by atoms with van der Waals surface area (Å²) in [6.07, 6.45) is 13.3. The molecule has 4 aromatic rings. The third-order valence-electron chi connectivity index (χ3n) is 10.6. The first-order chi connectivity index (χ1) is 37.4. The summed E-state index contributed by atoms with van der Waals surface area (Å²) in [7, 11) is 8.28. The number of allylic oxidation sites excluding steroid dienone is 1. The van der Waals surface area contributed by atoms with Gasteiger partial charge in [0.25, 0.3) is 0 Å². The lowest BCUT2D eigenvalue weighted by Crippen LogP contribution is -2.10. The second-order valence-electron chi connectivity index (χ2n) is 24.2. The minimum absolute atomic E-state index is 0.265. The van der Waals surface area contributed by atoms with E-state index in [1.807, 2.05) is 42.1 Å². The van der Waals surface area contributed by atoms with Crippen LogP contribution < -0.4 is 18.9 Å². The Labute approximate surface area is 512 Å². The fourth-order valence-corrected chi connectivity index (χ4v) is 6.88. The molecule has 0 aliphatic rings. The standard InChI is InChI=1S/C12H18O3.C10H13Br.C10H14O.C10H14.C8H18.C6H14O.C5H12S.C5H10.C4H10.C3H8/c1-8(2)9-6-10(13-3)12(15-5)11(7-9)14-4;1-10(2,3)8-4-6-9(11)7-5-8;1-8(2)9-4-6-10(11-3)7-5-9;1-9(2)8-10-6-4-3-5-7-10;1-4-5-6-7-8(2)3;1-6(2)4-5-7-3;1-5(2)4-6-3;1-4-5(2)3;1-4(2)3;1-3-2/h6-8H,1-5H3;4-7H,1-3H3;4-8H,1-3H3;3-7,9H,8H2,1-2H3;8H,4-7H2,1-3H3;6H,4-5H2,1-3H3;5H,4H2,1-3H3;4-5H,1H2,2-3H3;4H,1-3H3;3H2,1-2H3. The highest BCUT2D eigenvalue weighted by molar-refractivity contribution is 9.10. The molecule has 0 saturated heterocycles. The molecule has 0 heterocycles. The van der Waals surface area contributed by atoms with Crippen LogP contribution in [0.25, 0.3) is 0 Å². The van der Waals surface area contributed by atoms with Gasteiger partial charge in [-0.05, 0) is 136 Å². The van der Waals surface area contributed by atoms with Crippen LogP contribution in [0.15, 0.2) is 108 Å². The van der Waals surface area contributed by atoms with Gasteiger partial charge in [0.1, 0.15) is 5.75 Å². The molecule has 0 N–H and O–H groups in total. The van der Waals surface area contributed by atoms with E-state index < -0.39 is 0 Å². The number of unbranched alkanes of at least 4 members (excludes halogenated alkanes) is 2. The van der Waals surface area contributed by atoms with Crippen LogP contribution >= 0.6 is 27.7 Å². The van der Waals surface area contributed by atoms with Gasteiger partial charge in [0, 0.05) is 18.2 Å². The van der Waals surface area contributed by atoms with Gasteiger partial charge in [0.05, 0.1) is 28.4 Å². The molecular formula is C73H131BrO5S. The fraction of sp³-hybridized carbons (Fsp3) is 0.644. The number of methoxy groups -OCH3 is 5. The maximum atomic E-state index is 5.26. The summed E-state index contributed by atoms with van der Waals surface area (Å²) in [4.78, 5) is 0. The van der Waals surface area contributed by atoms with E-state index >= 15 is 0 Å². The van der Waals surface area contributed by atoms with E-state index in [0.717, 1.165) is 46.4 Å². The Hall–Kier alpha value is -3.39. The molecule has 0 fully saturated rings. The molecule has 5 nitrogen and oxygen atoms in total. The molecule has 0 spiro atoms. The average molecular weight is 1200 g/mol. The summed E-state index contributed by atoms with van der Waals surface area (Å²) in [6.45, 7) is 54.9. The number of rotatable bonds is 18. The van der Waals surface area contributed by atoms with Crippen molar-refractivity contribution in [2.75, 3.05) is 54.2 Å². The van der Waals surface area contributed by atoms with Crippen molar-refractivity contribution in [3.63, 3.8) is 0 Å². The lowest BCUT2D eigenvalue weighted by Gasteiger charge is -2.18. The Morgan fingerprint density at radius 2 is 0.988 bits per heavy atom. The van der Waals surface area contributed by atoms with E-state index in [0.29, 0.717) is 35.0 Å². The summed E-state index contributed by atoms with van der Waals surface area (Å²) in [5.74, 6) is 10.1. The molecular weight excluding hydrogens is 1070 g/mol. The molecule has 0 saturated carbocycles. The van der Waals surface area contributed by atoms with Gasteiger partial charge in [-0.25, -0.2) is 0 Å². The Kier molecular flexibility index (Phi) is 64.6. The van der Waals surface area contributed by atoms with Crippen molar-refractivity contribution in [2.24, 2.45) is 35.5 Å². The molecule has 7 heteroatoms. The minimum atomic E-state index is 0.265. The molecule has 4 rings (SSSR count). The molecule has 0 bridgehead atoms. The van der Waals surface area contributed by atoms with Crippen molar-refractivity contribution in [3.05, 3.63) is 130 Å². The first-order valence-corrected chi connectivity index (χ1v) is 32.4. The maximum Gasteiger partial charge on any atom is 0.203 e. The quantitative estimate of drug-likeness (QED) is 0.0731. The Morgan fingerprint density at radius 1 is 0.550 bits per heavy atom. The summed E-state index contributed by atoms with van der Waals surface area (Å²) in [5.41, 5.74) is 5.61. The van der Waals surface area contributed by atoms with E-state index in [1.165, 1.54) is 73.0 Å². The van der Waals surface area contributed by atoms with Crippen molar-refractivity contribution in [3.8, 4) is 23.0 Å². The lowest BCUT2D eigenvalue weighted by atomic mass is 9.87. The summed E-state index contributed by atoms with van der Waals surface area (Å²) >= 11 is 5.32. The van der Waals surface area contributed by atoms with E-state index in [1.54, 1.807) is 35.5 Å². The topological polar surface area (TPSA) is 46.2 Å². The van der Waals surface area contributed by atoms with Crippen LogP contribution in [0.4, 0.5) is 0 Å². The molecule has 0 atom stereocenters. The van der Waals surface area contributed by atoms with Crippen LogP contribution in [0.1, 0.15) is 232 Å². The minimum Gasteiger partial charge on any atom is -0.497 e. The van der Waals surface area contributed by atoms with Crippen molar-refractivity contribution >= 4 is 27.7 Å². The van der Waals surface area contributed by atoms with E-state index in [9.17, 15) is 0 Å². The molecule has 466 valence electrons. The maximum absolute atomic E-state index is 5.26. The van der Waals surface area contributed by atoms with Crippen LogP contribution in [0, 0.1) is 35.5 Å². The predicted octanol–water partition coefficient (Wildman–Crippen LogP) is 24.1. The molecule has 0 amide bonds. The third-order valence-corrected chi connectivity index (χ3v) is 12.1. The Balaban J connectivity index is -0.000000196. The van der Waals surface area contributed by atoms with Crippen molar-refractivity contribution in [1.29, 1.82) is 0 Å². The van der Waals surface area contributed by atoms with E-state index in [-0.39, 0.29) is 5.41 Å². The number of benzene rings is 4. The largest absolute Gasteiger partial charge is 0.497 e. The molecule has 0 aromatic heterocycles. The van der Waals surface area contributed by atoms with Gasteiger partial charge in [0.2, 0.25) is 5.75 Å². The summed E-state index contributed by atoms with van der Waals surface area (Å²) in [6, 6.07) is 31.2. The second-order valence-corrected chi connectivity index (χ2v) is 26.0. The third kappa shape index (κ3) is 62.2. The number of thioether (sulfide) groups is 1. The van der Waals surface area contributed by atoms with Crippen molar-refractivity contribution in [1.82, 2.24) is 0 Å². The van der Waals surface area contributed by atoms with Crippen LogP contribution in [0.3, 0.4) is 0 Å². The highest BCUT2D eigenvalue weighted by atomic mass is 79.9. The first-order valence-electron chi connectivity index (χ1n) is 30.2. The fourth-order valence-electron chi connectivity index (χ4n) is 5.95. The van der Waals surface area contributed by atoms with Crippen LogP contribution in [-0.4, -0.2) is 54.2 Å². The van der Waals surface area contributed by atoms with Crippen molar-refractivity contribution < 1.29 is 23.7 Å². The smallest absolute Gasteiger partial charge is 0.203 e. The Morgan fingerprint density at radius 3 is 1.25 bits per heavy atom. The SMILES string of the molecule is C=CC(C)C.CC(C)(C)c1ccc(Br)cc1.CC(C)C.CC(C)Cc1ccccc1.CCC.CCCCCC(C)C.COCCC(C)C.COc1cc(C(C)C)cc(OC)c1OC.COc1ccc(C(C)C)cc1.CSCC(C)C. The Bertz CT molecular complexity index is 1830. The lowest BCUT2D eigenvalue weighted by molar-refractivity contribution is 0.183. The average Bonchev–Trinajstić information content (AvgIpc) is 3.38. The zero-order valence-corrected chi connectivity index (χ0v) is 60.2.